The molecule has 1 heterocycles. The number of hydrogen-bond acceptors (Lipinski definition) is 3. The summed E-state index contributed by atoms with van der Waals surface area (Å²) in [7, 11) is 0. The van der Waals surface area contributed by atoms with E-state index in [2.05, 4.69) is 10.3 Å². The molecule has 5 heteroatoms. The number of rotatable bonds is 2. The number of dihydropyridines is 1. The highest BCUT2D eigenvalue weighted by molar-refractivity contribution is 6.05. The monoisotopic (exact) mass is 237 g/mol. The maximum Gasteiger partial charge on any atom is 0.407 e. The molecule has 2 N–H and O–H groups in total. The van der Waals surface area contributed by atoms with Gasteiger partial charge in [-0.15, -0.1) is 0 Å². The maximum atomic E-state index is 11.4. The van der Waals surface area contributed by atoms with Crippen LogP contribution in [0.3, 0.4) is 0 Å². The quantitative estimate of drug-likeness (QED) is 0.772. The fourth-order valence-corrected chi connectivity index (χ4v) is 1.38. The van der Waals surface area contributed by atoms with Crippen LogP contribution in [0.2, 0.25) is 0 Å². The number of nitrogens with zero attached hydrogens (tertiary/aromatic N) is 1. The first-order chi connectivity index (χ1) is 7.78. The zero-order valence-electron chi connectivity index (χ0n) is 10.7. The third-order valence-electron chi connectivity index (χ3n) is 2.19. The van der Waals surface area contributed by atoms with Gasteiger partial charge in [0.1, 0.15) is 11.4 Å². The molecule has 0 spiro atoms. The van der Waals surface area contributed by atoms with Gasteiger partial charge in [-0.1, -0.05) is 6.08 Å². The molecule has 0 radical (unpaired) electrons. The van der Waals surface area contributed by atoms with Gasteiger partial charge in [0, 0.05) is 18.2 Å². The van der Waals surface area contributed by atoms with E-state index < -0.39 is 11.7 Å². The van der Waals surface area contributed by atoms with Gasteiger partial charge in [0.25, 0.3) is 0 Å². The Bertz CT molecular complexity index is 378. The lowest BCUT2D eigenvalue weighted by atomic mass is 10.0. The first-order valence-electron chi connectivity index (χ1n) is 5.57. The summed E-state index contributed by atoms with van der Waals surface area (Å²) in [5.74, 6) is 0.285. The average molecular weight is 237 g/mol. The van der Waals surface area contributed by atoms with E-state index in [-0.39, 0.29) is 11.8 Å². The van der Waals surface area contributed by atoms with Crippen molar-refractivity contribution < 1.29 is 9.53 Å². The summed E-state index contributed by atoms with van der Waals surface area (Å²) in [5, 5.41) is 10.0. The molecular formula is C12H19N3O2. The molecule has 1 atom stereocenters. The minimum Gasteiger partial charge on any atom is -0.444 e. The second-order valence-electron chi connectivity index (χ2n) is 4.99. The molecule has 1 rings (SSSR count). The van der Waals surface area contributed by atoms with Gasteiger partial charge in [-0.2, -0.15) is 0 Å². The molecule has 0 aromatic rings. The topological polar surface area (TPSA) is 74.5 Å². The van der Waals surface area contributed by atoms with Crippen LogP contribution in [0.1, 0.15) is 27.7 Å². The molecule has 1 aliphatic rings. The Hall–Kier alpha value is -1.65. The van der Waals surface area contributed by atoms with Crippen LogP contribution in [0.5, 0.6) is 0 Å². The molecule has 94 valence electrons. The van der Waals surface area contributed by atoms with Gasteiger partial charge in [0.15, 0.2) is 0 Å². The SMILES string of the molecule is CC1=NC(=N)C=CC1CNC(=O)OC(C)(C)C. The van der Waals surface area contributed by atoms with Crippen molar-refractivity contribution in [2.24, 2.45) is 10.9 Å². The van der Waals surface area contributed by atoms with E-state index in [0.717, 1.165) is 5.71 Å². The first-order valence-corrected chi connectivity index (χ1v) is 5.57. The molecule has 0 saturated heterocycles. The van der Waals surface area contributed by atoms with Crippen molar-refractivity contribution >= 4 is 17.6 Å². The summed E-state index contributed by atoms with van der Waals surface area (Å²) in [6.07, 6.45) is 3.07. The zero-order valence-corrected chi connectivity index (χ0v) is 10.7. The molecule has 1 amide bonds. The van der Waals surface area contributed by atoms with Crippen LogP contribution in [-0.4, -0.2) is 29.8 Å². The molecule has 1 unspecified atom stereocenters. The number of carbonyl (C=O) groups excluding carboxylic acids is 1. The zero-order chi connectivity index (χ0) is 13.1. The van der Waals surface area contributed by atoms with Crippen LogP contribution >= 0.6 is 0 Å². The summed E-state index contributed by atoms with van der Waals surface area (Å²) in [4.78, 5) is 15.5. The van der Waals surface area contributed by atoms with Gasteiger partial charge in [0.2, 0.25) is 0 Å². The van der Waals surface area contributed by atoms with Crippen molar-refractivity contribution in [3.8, 4) is 0 Å². The lowest BCUT2D eigenvalue weighted by Crippen LogP contribution is -2.36. The summed E-state index contributed by atoms with van der Waals surface area (Å²) in [6.45, 7) is 7.75. The second-order valence-corrected chi connectivity index (χ2v) is 4.99. The highest BCUT2D eigenvalue weighted by Crippen LogP contribution is 2.09. The number of hydrogen-bond donors (Lipinski definition) is 2. The van der Waals surface area contributed by atoms with E-state index in [1.165, 1.54) is 0 Å². The fourth-order valence-electron chi connectivity index (χ4n) is 1.38. The smallest absolute Gasteiger partial charge is 0.407 e. The predicted molar refractivity (Wildman–Crippen MR) is 67.7 cm³/mol. The lowest BCUT2D eigenvalue weighted by Gasteiger charge is -2.21. The Balaban J connectivity index is 2.42. The van der Waals surface area contributed by atoms with Gasteiger partial charge in [0.05, 0.1) is 0 Å². The Morgan fingerprint density at radius 3 is 2.76 bits per heavy atom. The molecule has 0 aromatic carbocycles. The second kappa shape index (κ2) is 5.12. The predicted octanol–water partition coefficient (Wildman–Crippen LogP) is 2.14. The molecule has 0 saturated carbocycles. The minimum absolute atomic E-state index is 0.0385. The molecule has 17 heavy (non-hydrogen) atoms. The Labute approximate surface area is 101 Å². The van der Waals surface area contributed by atoms with E-state index in [1.807, 2.05) is 33.8 Å². The molecule has 1 aliphatic heterocycles. The fraction of sp³-hybridized carbons (Fsp3) is 0.583. The molecule has 0 aliphatic carbocycles. The van der Waals surface area contributed by atoms with E-state index in [0.29, 0.717) is 6.54 Å². The number of aliphatic imine (C=N–C) groups is 1. The molecule has 0 bridgehead atoms. The van der Waals surface area contributed by atoms with E-state index in [1.54, 1.807) is 6.08 Å². The van der Waals surface area contributed by atoms with Crippen molar-refractivity contribution in [2.75, 3.05) is 6.54 Å². The van der Waals surface area contributed by atoms with Gasteiger partial charge < -0.3 is 10.1 Å². The minimum atomic E-state index is -0.488. The van der Waals surface area contributed by atoms with Crippen LogP contribution in [0.4, 0.5) is 4.79 Å². The number of alkyl carbamates (subject to hydrolysis) is 1. The molecule has 5 nitrogen and oxygen atoms in total. The van der Waals surface area contributed by atoms with E-state index in [4.69, 9.17) is 10.1 Å². The third kappa shape index (κ3) is 4.80. The van der Waals surface area contributed by atoms with Crippen LogP contribution < -0.4 is 5.32 Å². The maximum absolute atomic E-state index is 11.4. The number of amides is 1. The largest absolute Gasteiger partial charge is 0.444 e. The van der Waals surface area contributed by atoms with Crippen molar-refractivity contribution in [3.05, 3.63) is 12.2 Å². The van der Waals surface area contributed by atoms with Crippen molar-refractivity contribution in [1.82, 2.24) is 5.32 Å². The van der Waals surface area contributed by atoms with Crippen LogP contribution in [0.25, 0.3) is 0 Å². The van der Waals surface area contributed by atoms with Gasteiger partial charge in [-0.05, 0) is 33.8 Å². The number of ether oxygens (including phenoxy) is 1. The van der Waals surface area contributed by atoms with E-state index in [9.17, 15) is 4.79 Å². The Kier molecular flexibility index (Phi) is 4.04. The summed E-state index contributed by atoms with van der Waals surface area (Å²) >= 11 is 0. The summed E-state index contributed by atoms with van der Waals surface area (Å²) < 4.78 is 5.13. The van der Waals surface area contributed by atoms with Crippen LogP contribution in [0, 0.1) is 11.3 Å². The standard InChI is InChI=1S/C12H19N3O2/c1-8-9(5-6-10(13)15-8)7-14-11(16)17-12(2,3)4/h5-6,9,13H,7H2,1-4H3,(H,14,16). The van der Waals surface area contributed by atoms with Crippen molar-refractivity contribution in [2.45, 2.75) is 33.3 Å². The van der Waals surface area contributed by atoms with Gasteiger partial charge in [-0.25, -0.2) is 9.79 Å². The summed E-state index contributed by atoms with van der Waals surface area (Å²) in [5.41, 5.74) is 0.339. The molecule has 0 aromatic heterocycles. The Morgan fingerprint density at radius 2 is 2.24 bits per heavy atom. The Morgan fingerprint density at radius 1 is 1.59 bits per heavy atom. The van der Waals surface area contributed by atoms with Crippen molar-refractivity contribution in [1.29, 1.82) is 5.41 Å². The van der Waals surface area contributed by atoms with E-state index >= 15 is 0 Å². The number of amidine groups is 1. The van der Waals surface area contributed by atoms with Crippen LogP contribution in [0.15, 0.2) is 17.1 Å². The van der Waals surface area contributed by atoms with Gasteiger partial charge in [-0.3, -0.25) is 5.41 Å². The number of carbonyl (C=O) groups is 1. The average Bonchev–Trinajstić information content (AvgIpc) is 2.13. The normalized spacial score (nSPS) is 19.9. The highest BCUT2D eigenvalue weighted by Gasteiger charge is 2.18. The third-order valence-corrected chi connectivity index (χ3v) is 2.19. The molecular weight excluding hydrogens is 218 g/mol. The summed E-state index contributed by atoms with van der Waals surface area (Å²) in [6, 6.07) is 0. The van der Waals surface area contributed by atoms with Gasteiger partial charge >= 0.3 is 6.09 Å². The molecule has 0 fully saturated rings. The number of nitrogens with one attached hydrogen (secondary N) is 2. The lowest BCUT2D eigenvalue weighted by molar-refractivity contribution is 0.0526. The first kappa shape index (κ1) is 13.4. The van der Waals surface area contributed by atoms with Crippen molar-refractivity contribution in [3.63, 3.8) is 0 Å². The highest BCUT2D eigenvalue weighted by atomic mass is 16.6. The van der Waals surface area contributed by atoms with Crippen LogP contribution in [-0.2, 0) is 4.74 Å².